The summed E-state index contributed by atoms with van der Waals surface area (Å²) in [5.41, 5.74) is 3.77. The first-order chi connectivity index (χ1) is 9.46. The second kappa shape index (κ2) is 7.65. The molecule has 0 bridgehead atoms. The SMILES string of the molecule is CCC(CO)(CCCN(C)c1cc(C)cc(C)c1)NC. The Kier molecular flexibility index (Phi) is 6.50. The summed E-state index contributed by atoms with van der Waals surface area (Å²) in [5.74, 6) is 0. The van der Waals surface area contributed by atoms with Crippen LogP contribution in [0.15, 0.2) is 18.2 Å². The molecule has 1 unspecified atom stereocenters. The monoisotopic (exact) mass is 278 g/mol. The van der Waals surface area contributed by atoms with Crippen molar-refractivity contribution in [2.75, 3.05) is 32.1 Å². The Labute approximate surface area is 124 Å². The van der Waals surface area contributed by atoms with Crippen molar-refractivity contribution in [1.82, 2.24) is 5.32 Å². The minimum atomic E-state index is -0.122. The molecular weight excluding hydrogens is 248 g/mol. The molecule has 20 heavy (non-hydrogen) atoms. The molecule has 3 heteroatoms. The van der Waals surface area contributed by atoms with E-state index in [0.717, 1.165) is 25.8 Å². The molecule has 3 nitrogen and oxygen atoms in total. The second-order valence-electron chi connectivity index (χ2n) is 5.91. The highest BCUT2D eigenvalue weighted by Crippen LogP contribution is 2.20. The number of hydrogen-bond donors (Lipinski definition) is 2. The number of nitrogens with zero attached hydrogens (tertiary/aromatic N) is 1. The van der Waals surface area contributed by atoms with Crippen LogP contribution in [-0.4, -0.2) is 37.9 Å². The van der Waals surface area contributed by atoms with Crippen LogP contribution in [0.3, 0.4) is 0 Å². The van der Waals surface area contributed by atoms with E-state index < -0.39 is 0 Å². The number of benzene rings is 1. The third-order valence-corrected chi connectivity index (χ3v) is 4.31. The Morgan fingerprint density at radius 2 is 1.80 bits per heavy atom. The van der Waals surface area contributed by atoms with E-state index in [1.54, 1.807) is 0 Å². The molecule has 0 fully saturated rings. The van der Waals surface area contributed by atoms with Gasteiger partial charge in [-0.05, 0) is 63.4 Å². The third-order valence-electron chi connectivity index (χ3n) is 4.31. The van der Waals surface area contributed by atoms with Crippen LogP contribution in [0.5, 0.6) is 0 Å². The van der Waals surface area contributed by atoms with Gasteiger partial charge in [0.05, 0.1) is 6.61 Å². The van der Waals surface area contributed by atoms with Crippen molar-refractivity contribution < 1.29 is 5.11 Å². The van der Waals surface area contributed by atoms with Crippen LogP contribution in [0.2, 0.25) is 0 Å². The van der Waals surface area contributed by atoms with Crippen LogP contribution < -0.4 is 10.2 Å². The Balaban J connectivity index is 2.57. The van der Waals surface area contributed by atoms with Gasteiger partial charge in [-0.25, -0.2) is 0 Å². The Hall–Kier alpha value is -1.06. The number of anilines is 1. The molecule has 0 saturated heterocycles. The van der Waals surface area contributed by atoms with Crippen LogP contribution in [0.25, 0.3) is 0 Å². The predicted octanol–water partition coefficient (Wildman–Crippen LogP) is 2.88. The smallest absolute Gasteiger partial charge is 0.0613 e. The van der Waals surface area contributed by atoms with Gasteiger partial charge in [0.15, 0.2) is 0 Å². The van der Waals surface area contributed by atoms with Crippen LogP contribution >= 0.6 is 0 Å². The summed E-state index contributed by atoms with van der Waals surface area (Å²) in [4.78, 5) is 2.30. The van der Waals surface area contributed by atoms with Crippen molar-refractivity contribution in [3.63, 3.8) is 0 Å². The molecule has 0 amide bonds. The number of nitrogens with one attached hydrogen (secondary N) is 1. The van der Waals surface area contributed by atoms with Gasteiger partial charge in [-0.1, -0.05) is 13.0 Å². The fourth-order valence-electron chi connectivity index (χ4n) is 2.70. The lowest BCUT2D eigenvalue weighted by atomic mass is 9.91. The quantitative estimate of drug-likeness (QED) is 0.767. The molecule has 0 saturated carbocycles. The van der Waals surface area contributed by atoms with Gasteiger partial charge in [0.2, 0.25) is 0 Å². The summed E-state index contributed by atoms with van der Waals surface area (Å²) in [6.45, 7) is 7.61. The summed E-state index contributed by atoms with van der Waals surface area (Å²) < 4.78 is 0. The van der Waals surface area contributed by atoms with Crippen LogP contribution in [0, 0.1) is 13.8 Å². The first-order valence-electron chi connectivity index (χ1n) is 7.55. The summed E-state index contributed by atoms with van der Waals surface area (Å²) in [6, 6.07) is 6.65. The summed E-state index contributed by atoms with van der Waals surface area (Å²) in [6.07, 6.45) is 3.01. The van der Waals surface area contributed by atoms with E-state index in [2.05, 4.69) is 56.2 Å². The maximum atomic E-state index is 9.56. The third kappa shape index (κ3) is 4.50. The van der Waals surface area contributed by atoms with Gasteiger partial charge in [0.1, 0.15) is 0 Å². The Bertz CT molecular complexity index is 385. The van der Waals surface area contributed by atoms with Gasteiger partial charge in [-0.2, -0.15) is 0 Å². The lowest BCUT2D eigenvalue weighted by molar-refractivity contribution is 0.153. The normalized spacial score (nSPS) is 14.1. The lowest BCUT2D eigenvalue weighted by Crippen LogP contribution is -2.46. The maximum Gasteiger partial charge on any atom is 0.0613 e. The lowest BCUT2D eigenvalue weighted by Gasteiger charge is -2.31. The average Bonchev–Trinajstić information content (AvgIpc) is 2.43. The fourth-order valence-corrected chi connectivity index (χ4v) is 2.70. The van der Waals surface area contributed by atoms with Crippen molar-refractivity contribution in [1.29, 1.82) is 0 Å². The van der Waals surface area contributed by atoms with Gasteiger partial charge in [-0.15, -0.1) is 0 Å². The van der Waals surface area contributed by atoms with E-state index in [9.17, 15) is 5.11 Å². The van der Waals surface area contributed by atoms with Crippen molar-refractivity contribution in [2.45, 2.75) is 45.6 Å². The molecule has 2 N–H and O–H groups in total. The number of likely N-dealkylation sites (N-methyl/N-ethyl adjacent to an activating group) is 1. The van der Waals surface area contributed by atoms with E-state index >= 15 is 0 Å². The number of aryl methyl sites for hydroxylation is 2. The van der Waals surface area contributed by atoms with Gasteiger partial charge in [-0.3, -0.25) is 0 Å². The molecule has 0 heterocycles. The minimum Gasteiger partial charge on any atom is -0.394 e. The van der Waals surface area contributed by atoms with Gasteiger partial charge < -0.3 is 15.3 Å². The summed E-state index contributed by atoms with van der Waals surface area (Å²) in [7, 11) is 4.08. The largest absolute Gasteiger partial charge is 0.394 e. The zero-order valence-corrected chi connectivity index (χ0v) is 13.7. The van der Waals surface area contributed by atoms with E-state index in [0.29, 0.717) is 0 Å². The fraction of sp³-hybridized carbons (Fsp3) is 0.647. The molecule has 1 aromatic rings. The van der Waals surface area contributed by atoms with Gasteiger partial charge in [0.25, 0.3) is 0 Å². The molecule has 0 aliphatic heterocycles. The van der Waals surface area contributed by atoms with Crippen molar-refractivity contribution in [3.8, 4) is 0 Å². The van der Waals surface area contributed by atoms with Gasteiger partial charge in [0, 0.05) is 24.8 Å². The van der Waals surface area contributed by atoms with Gasteiger partial charge >= 0.3 is 0 Å². The van der Waals surface area contributed by atoms with Crippen LogP contribution in [-0.2, 0) is 0 Å². The molecule has 0 aromatic heterocycles. The van der Waals surface area contributed by atoms with Crippen LogP contribution in [0.1, 0.15) is 37.3 Å². The average molecular weight is 278 g/mol. The standard InChI is InChI=1S/C17H30N2O/c1-6-17(13-20,18-4)8-7-9-19(5)16-11-14(2)10-15(3)12-16/h10-12,18,20H,6-9,13H2,1-5H3. The highest BCUT2D eigenvalue weighted by atomic mass is 16.3. The number of hydrogen-bond acceptors (Lipinski definition) is 3. The topological polar surface area (TPSA) is 35.5 Å². The molecule has 1 atom stereocenters. The first-order valence-corrected chi connectivity index (χ1v) is 7.55. The van der Waals surface area contributed by atoms with E-state index in [1.165, 1.54) is 16.8 Å². The molecule has 0 aliphatic rings. The molecule has 114 valence electrons. The van der Waals surface area contributed by atoms with E-state index in [1.807, 2.05) is 7.05 Å². The minimum absolute atomic E-state index is 0.122. The number of aliphatic hydroxyl groups excluding tert-OH is 1. The molecular formula is C17H30N2O. The number of aliphatic hydroxyl groups is 1. The zero-order valence-electron chi connectivity index (χ0n) is 13.7. The van der Waals surface area contributed by atoms with E-state index in [-0.39, 0.29) is 12.1 Å². The second-order valence-corrected chi connectivity index (χ2v) is 5.91. The summed E-state index contributed by atoms with van der Waals surface area (Å²) in [5, 5.41) is 12.8. The Morgan fingerprint density at radius 3 is 2.25 bits per heavy atom. The van der Waals surface area contributed by atoms with Crippen molar-refractivity contribution in [2.24, 2.45) is 0 Å². The van der Waals surface area contributed by atoms with Crippen molar-refractivity contribution in [3.05, 3.63) is 29.3 Å². The molecule has 0 radical (unpaired) electrons. The summed E-state index contributed by atoms with van der Waals surface area (Å²) >= 11 is 0. The highest BCUT2D eigenvalue weighted by Gasteiger charge is 2.24. The molecule has 1 rings (SSSR count). The van der Waals surface area contributed by atoms with E-state index in [4.69, 9.17) is 0 Å². The maximum absolute atomic E-state index is 9.56. The molecule has 0 spiro atoms. The number of rotatable bonds is 8. The highest BCUT2D eigenvalue weighted by molar-refractivity contribution is 5.50. The zero-order chi connectivity index (χ0) is 15.2. The Morgan fingerprint density at radius 1 is 1.20 bits per heavy atom. The predicted molar refractivity (Wildman–Crippen MR) is 87.6 cm³/mol. The van der Waals surface area contributed by atoms with Crippen LogP contribution in [0.4, 0.5) is 5.69 Å². The molecule has 1 aromatic carbocycles. The molecule has 0 aliphatic carbocycles. The van der Waals surface area contributed by atoms with Crippen molar-refractivity contribution >= 4 is 5.69 Å². The first kappa shape index (κ1) is 17.0.